The third-order valence-electron chi connectivity index (χ3n) is 5.37. The van der Waals surface area contributed by atoms with Gasteiger partial charge in [-0.15, -0.1) is 0 Å². The van der Waals surface area contributed by atoms with Crippen LogP contribution in [0.5, 0.6) is 5.75 Å². The smallest absolute Gasteiger partial charge is 0.240 e. The number of rotatable bonds is 7. The second-order valence-electron chi connectivity index (χ2n) is 7.27. The quantitative estimate of drug-likeness (QED) is 0.744. The maximum atomic E-state index is 12.5. The number of ether oxygens (including phenoxy) is 1. The summed E-state index contributed by atoms with van der Waals surface area (Å²) in [5.41, 5.74) is 3.86. The molecule has 2 aromatic rings. The summed E-state index contributed by atoms with van der Waals surface area (Å²) in [6, 6.07) is 13.7. The number of benzene rings is 2. The molecule has 2 aliphatic heterocycles. The second kappa shape index (κ2) is 8.00. The van der Waals surface area contributed by atoms with Crippen LogP contribution in [0, 0.1) is 0 Å². The van der Waals surface area contributed by atoms with Crippen LogP contribution in [-0.4, -0.2) is 39.6 Å². The molecule has 4 rings (SSSR count). The summed E-state index contributed by atoms with van der Waals surface area (Å²) in [6.07, 6.45) is 3.71. The molecule has 0 saturated carbocycles. The van der Waals surface area contributed by atoms with Gasteiger partial charge in [0.2, 0.25) is 10.0 Å². The van der Waals surface area contributed by atoms with Gasteiger partial charge in [0.25, 0.3) is 0 Å². The number of fused-ring (bicyclic) bond motifs is 2. The third kappa shape index (κ3) is 4.34. The zero-order valence-corrected chi connectivity index (χ0v) is 16.3. The fraction of sp³-hybridized carbons (Fsp3) is 0.429. The number of hydrogen-bond donors (Lipinski definition) is 1. The van der Waals surface area contributed by atoms with Crippen molar-refractivity contribution < 1.29 is 13.2 Å². The van der Waals surface area contributed by atoms with Gasteiger partial charge in [0.05, 0.1) is 11.5 Å². The lowest BCUT2D eigenvalue weighted by Crippen LogP contribution is -2.32. The van der Waals surface area contributed by atoms with Crippen molar-refractivity contribution in [2.75, 3.05) is 26.2 Å². The Morgan fingerprint density at radius 2 is 1.85 bits per heavy atom. The highest BCUT2D eigenvalue weighted by molar-refractivity contribution is 7.89. The molecule has 144 valence electrons. The lowest BCUT2D eigenvalue weighted by molar-refractivity contribution is 0.249. The highest BCUT2D eigenvalue weighted by atomic mass is 32.2. The zero-order valence-electron chi connectivity index (χ0n) is 15.5. The standard InChI is InChI=1S/C21H26N2O3S/c24-27(25,20-7-8-21-18(15-20)10-14-26-21)22-11-3-4-12-23-13-9-17-5-1-2-6-19(17)16-23/h1-2,5-8,15,22H,3-4,9-14,16H2. The molecular weight excluding hydrogens is 360 g/mol. The summed E-state index contributed by atoms with van der Waals surface area (Å²) >= 11 is 0. The first-order valence-electron chi connectivity index (χ1n) is 9.66. The molecule has 0 spiro atoms. The Hall–Kier alpha value is -1.89. The first-order chi connectivity index (χ1) is 13.1. The van der Waals surface area contributed by atoms with Crippen molar-refractivity contribution in [2.24, 2.45) is 0 Å². The predicted molar refractivity (Wildman–Crippen MR) is 105 cm³/mol. The van der Waals surface area contributed by atoms with Gasteiger partial charge < -0.3 is 4.74 Å². The van der Waals surface area contributed by atoms with Gasteiger partial charge in [-0.2, -0.15) is 0 Å². The lowest BCUT2D eigenvalue weighted by Gasteiger charge is -2.28. The summed E-state index contributed by atoms with van der Waals surface area (Å²) in [7, 11) is -3.45. The Morgan fingerprint density at radius 1 is 1.00 bits per heavy atom. The van der Waals surface area contributed by atoms with Crippen molar-refractivity contribution in [2.45, 2.75) is 37.1 Å². The first kappa shape index (κ1) is 18.5. The molecule has 0 amide bonds. The van der Waals surface area contributed by atoms with E-state index in [1.54, 1.807) is 18.2 Å². The van der Waals surface area contributed by atoms with E-state index in [1.165, 1.54) is 11.1 Å². The Labute approximate surface area is 161 Å². The minimum absolute atomic E-state index is 0.333. The minimum Gasteiger partial charge on any atom is -0.493 e. The number of unbranched alkanes of at least 4 members (excludes halogenated alkanes) is 1. The van der Waals surface area contributed by atoms with Crippen LogP contribution in [-0.2, 0) is 29.4 Å². The molecule has 0 aliphatic carbocycles. The van der Waals surface area contributed by atoms with Gasteiger partial charge in [-0.1, -0.05) is 24.3 Å². The topological polar surface area (TPSA) is 58.6 Å². The maximum absolute atomic E-state index is 12.5. The van der Waals surface area contributed by atoms with Crippen LogP contribution in [0.25, 0.3) is 0 Å². The van der Waals surface area contributed by atoms with Crippen LogP contribution >= 0.6 is 0 Å². The van der Waals surface area contributed by atoms with Crippen LogP contribution < -0.4 is 9.46 Å². The molecule has 1 N–H and O–H groups in total. The molecule has 2 heterocycles. The monoisotopic (exact) mass is 386 g/mol. The maximum Gasteiger partial charge on any atom is 0.240 e. The number of nitrogens with one attached hydrogen (secondary N) is 1. The van der Waals surface area contributed by atoms with Crippen molar-refractivity contribution in [3.8, 4) is 5.75 Å². The van der Waals surface area contributed by atoms with Crippen LogP contribution in [0.3, 0.4) is 0 Å². The highest BCUT2D eigenvalue weighted by Crippen LogP contribution is 2.27. The summed E-state index contributed by atoms with van der Waals surface area (Å²) < 4.78 is 33.1. The average molecular weight is 387 g/mol. The van der Waals surface area contributed by atoms with Crippen molar-refractivity contribution in [3.63, 3.8) is 0 Å². The van der Waals surface area contributed by atoms with Crippen LogP contribution in [0.15, 0.2) is 47.4 Å². The molecule has 5 nitrogen and oxygen atoms in total. The number of hydrogen-bond acceptors (Lipinski definition) is 4. The molecule has 0 radical (unpaired) electrons. The predicted octanol–water partition coefficient (Wildman–Crippen LogP) is 2.74. The van der Waals surface area contributed by atoms with E-state index in [4.69, 9.17) is 4.74 Å². The molecule has 0 atom stereocenters. The SMILES string of the molecule is O=S(=O)(NCCCCN1CCc2ccccc2C1)c1ccc2c(c1)CCO2. The number of sulfonamides is 1. The van der Waals surface area contributed by atoms with Gasteiger partial charge in [-0.05, 0) is 60.7 Å². The van der Waals surface area contributed by atoms with Gasteiger partial charge in [0.1, 0.15) is 5.75 Å². The van der Waals surface area contributed by atoms with E-state index < -0.39 is 10.0 Å². The normalized spacial score (nSPS) is 16.6. The van der Waals surface area contributed by atoms with Crippen molar-refractivity contribution in [1.82, 2.24) is 9.62 Å². The summed E-state index contributed by atoms with van der Waals surface area (Å²) in [5, 5.41) is 0. The largest absolute Gasteiger partial charge is 0.493 e. The molecule has 2 aliphatic rings. The van der Waals surface area contributed by atoms with Gasteiger partial charge in [0, 0.05) is 26.1 Å². The van der Waals surface area contributed by atoms with Crippen LogP contribution in [0.4, 0.5) is 0 Å². The number of nitrogens with zero attached hydrogens (tertiary/aromatic N) is 1. The van der Waals surface area contributed by atoms with Crippen molar-refractivity contribution >= 4 is 10.0 Å². The minimum atomic E-state index is -3.45. The van der Waals surface area contributed by atoms with E-state index in [-0.39, 0.29) is 0 Å². The summed E-state index contributed by atoms with van der Waals surface area (Å²) in [6.45, 7) is 4.19. The zero-order chi connectivity index (χ0) is 18.7. The van der Waals surface area contributed by atoms with Crippen molar-refractivity contribution in [3.05, 3.63) is 59.2 Å². The van der Waals surface area contributed by atoms with Crippen molar-refractivity contribution in [1.29, 1.82) is 0 Å². The van der Waals surface area contributed by atoms with E-state index >= 15 is 0 Å². The van der Waals surface area contributed by atoms with Gasteiger partial charge in [-0.25, -0.2) is 13.1 Å². The Morgan fingerprint density at radius 3 is 2.74 bits per heavy atom. The second-order valence-corrected chi connectivity index (χ2v) is 9.03. The van der Waals surface area contributed by atoms with E-state index in [0.29, 0.717) is 18.0 Å². The van der Waals surface area contributed by atoms with E-state index in [9.17, 15) is 8.42 Å². The Bertz CT molecular complexity index is 911. The van der Waals surface area contributed by atoms with E-state index in [1.807, 2.05) is 0 Å². The molecule has 0 aromatic heterocycles. The van der Waals surface area contributed by atoms with E-state index in [2.05, 4.69) is 33.9 Å². The molecule has 0 bridgehead atoms. The van der Waals surface area contributed by atoms with Crippen LogP contribution in [0.1, 0.15) is 29.5 Å². The third-order valence-corrected chi connectivity index (χ3v) is 6.83. The summed E-state index contributed by atoms with van der Waals surface area (Å²) in [4.78, 5) is 2.79. The molecule has 0 saturated heterocycles. The van der Waals surface area contributed by atoms with Gasteiger partial charge in [-0.3, -0.25) is 4.90 Å². The Balaban J connectivity index is 1.22. The first-order valence-corrected chi connectivity index (χ1v) is 11.1. The molecule has 0 unspecified atom stereocenters. The molecular formula is C21H26N2O3S. The molecule has 27 heavy (non-hydrogen) atoms. The fourth-order valence-electron chi connectivity index (χ4n) is 3.83. The highest BCUT2D eigenvalue weighted by Gasteiger charge is 2.19. The fourth-order valence-corrected chi connectivity index (χ4v) is 4.95. The molecule has 0 fully saturated rings. The molecule has 6 heteroatoms. The average Bonchev–Trinajstić information content (AvgIpc) is 3.15. The van der Waals surface area contributed by atoms with Gasteiger partial charge in [0.15, 0.2) is 0 Å². The van der Waals surface area contributed by atoms with Gasteiger partial charge >= 0.3 is 0 Å². The lowest BCUT2D eigenvalue weighted by atomic mass is 10.00. The molecule has 2 aromatic carbocycles. The Kier molecular flexibility index (Phi) is 5.48. The summed E-state index contributed by atoms with van der Waals surface area (Å²) in [5.74, 6) is 0.803. The van der Waals surface area contributed by atoms with E-state index in [0.717, 1.165) is 56.6 Å². The van der Waals surface area contributed by atoms with Crippen LogP contribution in [0.2, 0.25) is 0 Å².